The molecule has 0 spiro atoms. The van der Waals surface area contributed by atoms with Crippen molar-refractivity contribution < 1.29 is 27.9 Å². The zero-order valence-corrected chi connectivity index (χ0v) is 14.1. The van der Waals surface area contributed by atoms with E-state index in [0.717, 1.165) is 10.5 Å². The summed E-state index contributed by atoms with van der Waals surface area (Å²) >= 11 is 0. The molecule has 2 fully saturated rings. The molecule has 1 aliphatic heterocycles. The molecule has 5 nitrogen and oxygen atoms in total. The Morgan fingerprint density at radius 3 is 2.35 bits per heavy atom. The molecule has 2 N–H and O–H groups in total. The van der Waals surface area contributed by atoms with Gasteiger partial charge in [-0.25, -0.2) is 0 Å². The van der Waals surface area contributed by atoms with Crippen LogP contribution < -0.4 is 5.32 Å². The number of halogens is 3. The first-order valence-electron chi connectivity index (χ1n) is 8.61. The van der Waals surface area contributed by atoms with E-state index in [1.807, 2.05) is 18.2 Å². The van der Waals surface area contributed by atoms with Gasteiger partial charge in [-0.2, -0.15) is 13.2 Å². The lowest BCUT2D eigenvalue weighted by Crippen LogP contribution is -2.54. The summed E-state index contributed by atoms with van der Waals surface area (Å²) in [4.78, 5) is 24.6. The van der Waals surface area contributed by atoms with Crippen molar-refractivity contribution in [3.63, 3.8) is 0 Å². The molecule has 0 unspecified atom stereocenters. The zero-order valence-electron chi connectivity index (χ0n) is 14.1. The van der Waals surface area contributed by atoms with E-state index in [4.69, 9.17) is 0 Å². The number of hydrogen-bond donors (Lipinski definition) is 2. The second-order valence-corrected chi connectivity index (χ2v) is 7.09. The fourth-order valence-corrected chi connectivity index (χ4v) is 3.76. The topological polar surface area (TPSA) is 69.6 Å². The summed E-state index contributed by atoms with van der Waals surface area (Å²) in [5.74, 6) is -3.27. The van der Waals surface area contributed by atoms with Crippen LogP contribution in [0.5, 0.6) is 0 Å². The van der Waals surface area contributed by atoms with Crippen LogP contribution in [0.3, 0.4) is 0 Å². The van der Waals surface area contributed by atoms with Crippen LogP contribution in [-0.4, -0.2) is 53.7 Å². The molecule has 0 aromatic heterocycles. The average molecular weight is 370 g/mol. The summed E-state index contributed by atoms with van der Waals surface area (Å²) in [6.45, 7) is 0.413. The van der Waals surface area contributed by atoms with Crippen LogP contribution in [0.25, 0.3) is 0 Å². The third kappa shape index (κ3) is 3.70. The fraction of sp³-hybridized carbons (Fsp3) is 0.556. The Morgan fingerprint density at radius 1 is 1.19 bits per heavy atom. The Labute approximate surface area is 149 Å². The molecular formula is C18H21F3N2O3. The number of nitrogens with zero attached hydrogens (tertiary/aromatic N) is 1. The van der Waals surface area contributed by atoms with Gasteiger partial charge in [0.25, 0.3) is 0 Å². The summed E-state index contributed by atoms with van der Waals surface area (Å²) in [7, 11) is 0. The number of rotatable bonds is 5. The molecule has 2 atom stereocenters. The average Bonchev–Trinajstić information content (AvgIpc) is 3.40. The molecule has 1 aliphatic carbocycles. The third-order valence-corrected chi connectivity index (χ3v) is 5.38. The maximum absolute atomic E-state index is 13.1. The lowest BCUT2D eigenvalue weighted by molar-refractivity contribution is -0.189. The van der Waals surface area contributed by atoms with Crippen molar-refractivity contribution in [3.8, 4) is 0 Å². The molecule has 0 bridgehead atoms. The van der Waals surface area contributed by atoms with Crippen LogP contribution in [0.1, 0.15) is 30.7 Å². The van der Waals surface area contributed by atoms with Gasteiger partial charge in [0.1, 0.15) is 0 Å². The Balaban J connectivity index is 1.85. The molecule has 2 aliphatic rings. The molecule has 1 amide bonds. The predicted molar refractivity (Wildman–Crippen MR) is 87.5 cm³/mol. The minimum atomic E-state index is -5.02. The molecule has 1 aromatic carbocycles. The minimum absolute atomic E-state index is 0.185. The van der Waals surface area contributed by atoms with Crippen molar-refractivity contribution in [3.05, 3.63) is 35.9 Å². The van der Waals surface area contributed by atoms with Crippen molar-refractivity contribution in [2.24, 2.45) is 5.41 Å². The molecular weight excluding hydrogens is 349 g/mol. The second-order valence-electron chi connectivity index (χ2n) is 7.09. The lowest BCUT2D eigenvalue weighted by atomic mass is 9.78. The highest BCUT2D eigenvalue weighted by Gasteiger charge is 2.55. The quantitative estimate of drug-likeness (QED) is 0.835. The van der Waals surface area contributed by atoms with Crippen LogP contribution in [0.15, 0.2) is 30.3 Å². The molecule has 1 aromatic rings. The monoisotopic (exact) mass is 370 g/mol. The summed E-state index contributed by atoms with van der Waals surface area (Å²) in [5, 5.41) is 12.7. The van der Waals surface area contributed by atoms with Crippen LogP contribution in [0, 0.1) is 5.41 Å². The summed E-state index contributed by atoms with van der Waals surface area (Å²) in [6.07, 6.45) is -4.20. The predicted octanol–water partition coefficient (Wildman–Crippen LogP) is 2.39. The van der Waals surface area contributed by atoms with Crippen molar-refractivity contribution in [2.45, 2.75) is 37.4 Å². The number of carboxylic acid groups (broad SMARTS) is 1. The van der Waals surface area contributed by atoms with Crippen molar-refractivity contribution in [1.82, 2.24) is 10.2 Å². The molecule has 3 rings (SSSR count). The van der Waals surface area contributed by atoms with Gasteiger partial charge in [0, 0.05) is 18.5 Å². The van der Waals surface area contributed by atoms with E-state index in [9.17, 15) is 27.9 Å². The van der Waals surface area contributed by atoms with Gasteiger partial charge in [0.15, 0.2) is 0 Å². The maximum atomic E-state index is 13.1. The van der Waals surface area contributed by atoms with Gasteiger partial charge in [-0.05, 0) is 37.9 Å². The molecule has 1 heterocycles. The first-order chi connectivity index (χ1) is 12.2. The number of hydrogen-bond acceptors (Lipinski definition) is 3. The number of alkyl halides is 3. The lowest BCUT2D eigenvalue weighted by Gasteiger charge is -2.38. The fourth-order valence-electron chi connectivity index (χ4n) is 3.76. The van der Waals surface area contributed by atoms with Crippen LogP contribution in [0.2, 0.25) is 0 Å². The number of amides is 1. The highest BCUT2D eigenvalue weighted by Crippen LogP contribution is 2.47. The Bertz CT molecular complexity index is 672. The summed E-state index contributed by atoms with van der Waals surface area (Å²) in [5.41, 5.74) is -0.470. The van der Waals surface area contributed by atoms with Crippen molar-refractivity contribution in [1.29, 1.82) is 0 Å². The first kappa shape index (κ1) is 18.7. The number of carboxylic acids is 1. The van der Waals surface area contributed by atoms with Gasteiger partial charge >= 0.3 is 18.1 Å². The van der Waals surface area contributed by atoms with Crippen molar-refractivity contribution in [2.75, 3.05) is 19.6 Å². The van der Waals surface area contributed by atoms with E-state index < -0.39 is 36.1 Å². The number of nitrogens with one attached hydrogen (secondary N) is 1. The molecule has 142 valence electrons. The molecule has 1 saturated heterocycles. The van der Waals surface area contributed by atoms with Gasteiger partial charge in [-0.15, -0.1) is 0 Å². The molecule has 0 radical (unpaired) electrons. The SMILES string of the molecule is O=C(N(CC1(C(=O)O)CCNCC1)[C@@H]1C[C@H]1c1ccccc1)C(F)(F)F. The molecule has 8 heteroatoms. The van der Waals surface area contributed by atoms with Crippen LogP contribution in [0.4, 0.5) is 13.2 Å². The van der Waals surface area contributed by atoms with E-state index in [1.165, 1.54) is 0 Å². The van der Waals surface area contributed by atoms with Crippen LogP contribution in [-0.2, 0) is 9.59 Å². The number of benzene rings is 1. The maximum Gasteiger partial charge on any atom is 0.471 e. The smallest absolute Gasteiger partial charge is 0.471 e. The van der Waals surface area contributed by atoms with E-state index in [1.54, 1.807) is 12.1 Å². The number of carbonyl (C=O) groups excluding carboxylic acids is 1. The van der Waals surface area contributed by atoms with Gasteiger partial charge in [0.05, 0.1) is 5.41 Å². The van der Waals surface area contributed by atoms with Crippen molar-refractivity contribution >= 4 is 11.9 Å². The van der Waals surface area contributed by atoms with E-state index in [-0.39, 0.29) is 18.8 Å². The largest absolute Gasteiger partial charge is 0.481 e. The summed E-state index contributed by atoms with van der Waals surface area (Å²) < 4.78 is 39.4. The van der Waals surface area contributed by atoms with Gasteiger partial charge < -0.3 is 15.3 Å². The number of carbonyl (C=O) groups is 2. The highest BCUT2D eigenvalue weighted by molar-refractivity contribution is 5.84. The Morgan fingerprint density at radius 2 is 1.81 bits per heavy atom. The second kappa shape index (κ2) is 6.90. The van der Waals surface area contributed by atoms with Gasteiger partial charge in [-0.1, -0.05) is 30.3 Å². The zero-order chi connectivity index (χ0) is 18.9. The Kier molecular flexibility index (Phi) is 4.96. The third-order valence-electron chi connectivity index (χ3n) is 5.38. The number of piperidine rings is 1. The first-order valence-corrected chi connectivity index (χ1v) is 8.61. The Hall–Kier alpha value is -2.09. The normalized spacial score (nSPS) is 24.7. The molecule has 1 saturated carbocycles. The van der Waals surface area contributed by atoms with E-state index in [2.05, 4.69) is 5.32 Å². The highest BCUT2D eigenvalue weighted by atomic mass is 19.4. The number of aliphatic carboxylic acids is 1. The standard InChI is InChI=1S/C18H21F3N2O3/c19-18(20,21)15(24)23(11-17(16(25)26)6-8-22-9-7-17)14-10-13(14)12-4-2-1-3-5-12/h1-5,13-14,22H,6-11H2,(H,25,26)/t13-,14+/m0/s1. The van der Waals surface area contributed by atoms with Gasteiger partial charge in [-0.3, -0.25) is 9.59 Å². The van der Waals surface area contributed by atoms with Crippen LogP contribution >= 0.6 is 0 Å². The van der Waals surface area contributed by atoms with E-state index >= 15 is 0 Å². The minimum Gasteiger partial charge on any atom is -0.481 e. The van der Waals surface area contributed by atoms with Gasteiger partial charge in [0.2, 0.25) is 0 Å². The summed E-state index contributed by atoms with van der Waals surface area (Å²) in [6, 6.07) is 8.43. The van der Waals surface area contributed by atoms with E-state index in [0.29, 0.717) is 19.5 Å². The molecule has 26 heavy (non-hydrogen) atoms.